The van der Waals surface area contributed by atoms with Crippen LogP contribution in [0.25, 0.3) is 28.0 Å². The summed E-state index contributed by atoms with van der Waals surface area (Å²) in [5.41, 5.74) is 4.13. The van der Waals surface area contributed by atoms with Crippen LogP contribution in [0.3, 0.4) is 0 Å². The number of amides is 2. The zero-order chi connectivity index (χ0) is 37.1. The van der Waals surface area contributed by atoms with E-state index in [0.29, 0.717) is 66.7 Å². The Balaban J connectivity index is 1.01. The maximum absolute atomic E-state index is 13.6. The first-order valence-electron chi connectivity index (χ1n) is 17.4. The van der Waals surface area contributed by atoms with Gasteiger partial charge in [0, 0.05) is 87.6 Å². The lowest BCUT2D eigenvalue weighted by Gasteiger charge is -2.35. The van der Waals surface area contributed by atoms with E-state index in [0.717, 1.165) is 40.5 Å². The van der Waals surface area contributed by atoms with Crippen molar-refractivity contribution < 1.29 is 19.1 Å². The number of nitrogens with zero attached hydrogens (tertiary/aromatic N) is 7. The molecule has 53 heavy (non-hydrogen) atoms. The topological polar surface area (TPSA) is 134 Å². The summed E-state index contributed by atoms with van der Waals surface area (Å²) in [6.45, 7) is 3.61. The molecule has 0 N–H and O–H groups in total. The van der Waals surface area contributed by atoms with E-state index in [-0.39, 0.29) is 29.0 Å². The van der Waals surface area contributed by atoms with Crippen LogP contribution in [-0.4, -0.2) is 88.0 Å². The van der Waals surface area contributed by atoms with Crippen molar-refractivity contribution in [2.75, 3.05) is 46.9 Å². The van der Waals surface area contributed by atoms with Crippen molar-refractivity contribution in [1.82, 2.24) is 29.2 Å². The standard InChI is InChI=1S/C40H39N7O5S/c1-44-24-32(30-10-11-42-23-31(30)40(44)50)28-19-35(51-2)33(36(20-28)52-3)25-45-14-16-46(17-15-45)38(48)27-8-6-26(7-9-27)34-5-4-13-47(34)39(49)29(22-41)21-37-43-12-18-53-37/h6-12,18-21,23-24,34H,4-5,13-17,25H2,1-3H3/b29-21+. The molecule has 2 fully saturated rings. The third-order valence-electron chi connectivity index (χ3n) is 10.1. The number of carbonyl (C=O) groups excluding carboxylic acids is 2. The minimum absolute atomic E-state index is 0.0343. The van der Waals surface area contributed by atoms with Gasteiger partial charge >= 0.3 is 0 Å². The molecule has 2 saturated heterocycles. The summed E-state index contributed by atoms with van der Waals surface area (Å²) in [7, 11) is 5.01. The fourth-order valence-corrected chi connectivity index (χ4v) is 7.85. The first-order valence-corrected chi connectivity index (χ1v) is 18.3. The molecule has 0 spiro atoms. The number of aryl methyl sites for hydroxylation is 1. The molecule has 7 rings (SSSR count). The Morgan fingerprint density at radius 1 is 1.00 bits per heavy atom. The van der Waals surface area contributed by atoms with E-state index < -0.39 is 0 Å². The summed E-state index contributed by atoms with van der Waals surface area (Å²) in [6, 6.07) is 15.2. The highest BCUT2D eigenvalue weighted by molar-refractivity contribution is 7.10. The predicted octanol–water partition coefficient (Wildman–Crippen LogP) is 5.30. The molecule has 0 bridgehead atoms. The van der Waals surface area contributed by atoms with Crippen molar-refractivity contribution in [2.24, 2.45) is 7.05 Å². The summed E-state index contributed by atoms with van der Waals surface area (Å²) in [5, 5.41) is 13.5. The fraction of sp³-hybridized carbons (Fsp3) is 0.300. The SMILES string of the molecule is COc1cc(-c2cn(C)c(=O)c3cnccc23)cc(OC)c1CN1CCN(C(=O)c2ccc(C3CCCN3C(=O)/C(C#N)=C/c3nccs3)cc2)CC1. The molecule has 12 nitrogen and oxygen atoms in total. The van der Waals surface area contributed by atoms with Crippen LogP contribution >= 0.6 is 11.3 Å². The van der Waals surface area contributed by atoms with Crippen LogP contribution in [0, 0.1) is 11.3 Å². The summed E-state index contributed by atoms with van der Waals surface area (Å²) in [4.78, 5) is 53.9. The molecule has 1 atom stereocenters. The molecule has 2 aliphatic heterocycles. The quantitative estimate of drug-likeness (QED) is 0.146. The van der Waals surface area contributed by atoms with Crippen molar-refractivity contribution in [3.63, 3.8) is 0 Å². The maximum Gasteiger partial charge on any atom is 0.265 e. The average molecular weight is 730 g/mol. The van der Waals surface area contributed by atoms with Crippen molar-refractivity contribution in [3.8, 4) is 28.7 Å². The van der Waals surface area contributed by atoms with Gasteiger partial charge in [-0.2, -0.15) is 5.26 Å². The molecule has 3 aromatic heterocycles. The molecule has 0 saturated carbocycles. The molecule has 1 unspecified atom stereocenters. The van der Waals surface area contributed by atoms with Gasteiger partial charge in [-0.15, -0.1) is 11.3 Å². The van der Waals surface area contributed by atoms with E-state index in [1.165, 1.54) is 11.3 Å². The van der Waals surface area contributed by atoms with Crippen molar-refractivity contribution in [3.05, 3.63) is 110 Å². The monoisotopic (exact) mass is 729 g/mol. The Morgan fingerprint density at radius 3 is 2.40 bits per heavy atom. The number of carbonyl (C=O) groups is 2. The van der Waals surface area contributed by atoms with Crippen LogP contribution in [0.15, 0.2) is 83.0 Å². The number of rotatable bonds is 9. The van der Waals surface area contributed by atoms with E-state index in [9.17, 15) is 19.6 Å². The third-order valence-corrected chi connectivity index (χ3v) is 10.8. The molecule has 0 radical (unpaired) electrons. The molecule has 13 heteroatoms. The van der Waals surface area contributed by atoms with Crippen molar-refractivity contribution in [1.29, 1.82) is 5.26 Å². The molecule has 2 amide bonds. The number of likely N-dealkylation sites (tertiary alicyclic amines) is 1. The summed E-state index contributed by atoms with van der Waals surface area (Å²) < 4.78 is 13.3. The molecule has 5 heterocycles. The minimum Gasteiger partial charge on any atom is -0.496 e. The van der Waals surface area contributed by atoms with Gasteiger partial charge in [-0.25, -0.2) is 4.98 Å². The molecular formula is C40H39N7O5S. The summed E-state index contributed by atoms with van der Waals surface area (Å²) in [6.07, 6.45) is 9.91. The van der Waals surface area contributed by atoms with E-state index in [4.69, 9.17) is 9.47 Å². The zero-order valence-electron chi connectivity index (χ0n) is 29.8. The molecule has 2 aromatic carbocycles. The van der Waals surface area contributed by atoms with Gasteiger partial charge < -0.3 is 23.8 Å². The maximum atomic E-state index is 13.6. The molecule has 2 aliphatic rings. The second kappa shape index (κ2) is 15.4. The van der Waals surface area contributed by atoms with Crippen LogP contribution in [0.5, 0.6) is 11.5 Å². The number of nitriles is 1. The molecule has 5 aromatic rings. The van der Waals surface area contributed by atoms with Gasteiger partial charge in [0.25, 0.3) is 17.4 Å². The number of benzene rings is 2. The number of pyridine rings is 2. The second-order valence-corrected chi connectivity index (χ2v) is 14.1. The Kier molecular flexibility index (Phi) is 10.3. The van der Waals surface area contributed by atoms with E-state index in [1.807, 2.05) is 53.6 Å². The first kappa shape index (κ1) is 35.6. The zero-order valence-corrected chi connectivity index (χ0v) is 30.6. The fourth-order valence-electron chi connectivity index (χ4n) is 7.28. The Bertz CT molecular complexity index is 2260. The van der Waals surface area contributed by atoms with Crippen LogP contribution in [0.2, 0.25) is 0 Å². The van der Waals surface area contributed by atoms with Gasteiger partial charge in [-0.05, 0) is 65.8 Å². The Labute approximate surface area is 311 Å². The molecule has 0 aliphatic carbocycles. The summed E-state index contributed by atoms with van der Waals surface area (Å²) >= 11 is 1.38. The van der Waals surface area contributed by atoms with Crippen LogP contribution in [-0.2, 0) is 18.4 Å². The largest absolute Gasteiger partial charge is 0.496 e. The van der Waals surface area contributed by atoms with Gasteiger partial charge in [-0.3, -0.25) is 24.3 Å². The molecule has 270 valence electrons. The van der Waals surface area contributed by atoms with Crippen molar-refractivity contribution in [2.45, 2.75) is 25.4 Å². The lowest BCUT2D eigenvalue weighted by atomic mass is 9.98. The lowest BCUT2D eigenvalue weighted by Crippen LogP contribution is -2.48. The molecular weight excluding hydrogens is 691 g/mol. The smallest absolute Gasteiger partial charge is 0.265 e. The Morgan fingerprint density at radius 2 is 1.74 bits per heavy atom. The van der Waals surface area contributed by atoms with Gasteiger partial charge in [0.2, 0.25) is 0 Å². The third kappa shape index (κ3) is 7.16. The van der Waals surface area contributed by atoms with Gasteiger partial charge in [0.15, 0.2) is 0 Å². The second-order valence-electron chi connectivity index (χ2n) is 13.1. The normalized spacial score (nSPS) is 16.5. The number of fused-ring (bicyclic) bond motifs is 1. The van der Waals surface area contributed by atoms with Crippen LogP contribution in [0.4, 0.5) is 0 Å². The van der Waals surface area contributed by atoms with E-state index in [1.54, 1.807) is 60.8 Å². The number of hydrogen-bond acceptors (Lipinski definition) is 10. The Hall–Kier alpha value is -5.84. The average Bonchev–Trinajstić information content (AvgIpc) is 3.91. The van der Waals surface area contributed by atoms with Gasteiger partial charge in [-0.1, -0.05) is 12.1 Å². The van der Waals surface area contributed by atoms with Gasteiger partial charge in [0.05, 0.1) is 31.2 Å². The van der Waals surface area contributed by atoms with Crippen molar-refractivity contribution >= 4 is 40.0 Å². The van der Waals surface area contributed by atoms with Gasteiger partial charge in [0.1, 0.15) is 28.1 Å². The number of aromatic nitrogens is 3. The first-order chi connectivity index (χ1) is 25.8. The highest BCUT2D eigenvalue weighted by atomic mass is 32.1. The number of ether oxygens (including phenoxy) is 2. The minimum atomic E-state index is -0.301. The lowest BCUT2D eigenvalue weighted by molar-refractivity contribution is -0.127. The van der Waals surface area contributed by atoms with Crippen LogP contribution in [0.1, 0.15) is 45.4 Å². The highest BCUT2D eigenvalue weighted by Gasteiger charge is 2.32. The number of methoxy groups -OCH3 is 2. The number of thiazole rings is 1. The predicted molar refractivity (Wildman–Crippen MR) is 203 cm³/mol. The highest BCUT2D eigenvalue weighted by Crippen LogP contribution is 2.38. The summed E-state index contributed by atoms with van der Waals surface area (Å²) in [5.74, 6) is 1.02. The van der Waals surface area contributed by atoms with E-state index >= 15 is 0 Å². The van der Waals surface area contributed by atoms with Crippen LogP contribution < -0.4 is 15.0 Å². The van der Waals surface area contributed by atoms with E-state index in [2.05, 4.69) is 20.9 Å². The number of piperazine rings is 1. The number of hydrogen-bond donors (Lipinski definition) is 0.